The zero-order chi connectivity index (χ0) is 26.3. The number of aliphatic carboxylic acids is 1. The molecule has 6 nitrogen and oxygen atoms in total. The fraction of sp³-hybridized carbons (Fsp3) is 0.552. The molecule has 4 unspecified atom stereocenters. The number of halogens is 2. The SMILES string of the molecule is COc1cccc(CC(CNCCC2CCc3cc(F)ccc3C2(C(C)C)C(OC)C(=O)O)OC)c1.Cl. The molecule has 1 aliphatic rings. The number of rotatable bonds is 13. The molecular weight excluding hydrogens is 497 g/mol. The molecular formula is C29H41ClFNO5. The van der Waals surface area contributed by atoms with Crippen molar-refractivity contribution in [2.75, 3.05) is 34.4 Å². The smallest absolute Gasteiger partial charge is 0.333 e. The molecule has 0 fully saturated rings. The van der Waals surface area contributed by atoms with Gasteiger partial charge in [-0.1, -0.05) is 32.0 Å². The minimum absolute atomic E-state index is 0. The van der Waals surface area contributed by atoms with Crippen LogP contribution in [0, 0.1) is 17.7 Å². The van der Waals surface area contributed by atoms with Crippen LogP contribution < -0.4 is 10.1 Å². The van der Waals surface area contributed by atoms with Crippen LogP contribution >= 0.6 is 12.4 Å². The highest BCUT2D eigenvalue weighted by Gasteiger charge is 2.54. The standard InChI is InChI=1S/C29H40FNO5.ClH/c1-19(2)29(27(36-5)28(32)33)22(10-9-21-17-23(30)11-12-26(21)29)13-14-31-18-25(35-4)16-20-7-6-8-24(15-20)34-3;/h6-8,11-12,15,17,19,22,25,27,31H,9-10,13-14,16,18H2,1-5H3,(H,32,33);1H. The third-order valence-corrected chi connectivity index (χ3v) is 7.79. The van der Waals surface area contributed by atoms with E-state index in [1.54, 1.807) is 26.4 Å². The van der Waals surface area contributed by atoms with Crippen LogP contribution in [0.1, 0.15) is 43.4 Å². The number of hydrogen-bond acceptors (Lipinski definition) is 5. The van der Waals surface area contributed by atoms with Crippen molar-refractivity contribution in [3.05, 3.63) is 65.0 Å². The summed E-state index contributed by atoms with van der Waals surface area (Å²) in [6.45, 7) is 5.47. The average molecular weight is 538 g/mol. The number of carboxylic acid groups (broad SMARTS) is 1. The molecule has 37 heavy (non-hydrogen) atoms. The summed E-state index contributed by atoms with van der Waals surface area (Å²) in [5.41, 5.74) is 2.17. The molecule has 2 N–H and O–H groups in total. The second kappa shape index (κ2) is 14.1. The lowest BCUT2D eigenvalue weighted by Crippen LogP contribution is -2.57. The van der Waals surface area contributed by atoms with Gasteiger partial charge in [0.15, 0.2) is 6.10 Å². The van der Waals surface area contributed by atoms with Crippen LogP contribution in [0.2, 0.25) is 0 Å². The van der Waals surface area contributed by atoms with Gasteiger partial charge in [0, 0.05) is 26.2 Å². The highest BCUT2D eigenvalue weighted by Crippen LogP contribution is 2.51. The Morgan fingerprint density at radius 2 is 1.92 bits per heavy atom. The number of benzene rings is 2. The largest absolute Gasteiger partial charge is 0.497 e. The second-order valence-corrected chi connectivity index (χ2v) is 9.98. The van der Waals surface area contributed by atoms with Gasteiger partial charge in [0.2, 0.25) is 0 Å². The Labute approximate surface area is 226 Å². The molecule has 2 aromatic rings. The molecule has 0 bridgehead atoms. The number of carbonyl (C=O) groups is 1. The summed E-state index contributed by atoms with van der Waals surface area (Å²) in [4.78, 5) is 12.4. The Bertz CT molecular complexity index is 1020. The lowest BCUT2D eigenvalue weighted by atomic mass is 9.54. The average Bonchev–Trinajstić information content (AvgIpc) is 2.86. The van der Waals surface area contributed by atoms with Crippen LogP contribution in [0.25, 0.3) is 0 Å². The first-order valence-electron chi connectivity index (χ1n) is 12.7. The minimum atomic E-state index is -1.02. The molecule has 2 aromatic carbocycles. The van der Waals surface area contributed by atoms with Crippen molar-refractivity contribution in [2.45, 2.75) is 57.2 Å². The first kappa shape index (κ1) is 31.0. The van der Waals surface area contributed by atoms with Crippen LogP contribution in [-0.4, -0.2) is 57.7 Å². The van der Waals surface area contributed by atoms with Crippen molar-refractivity contribution in [3.63, 3.8) is 0 Å². The predicted octanol–water partition coefficient (Wildman–Crippen LogP) is 5.05. The van der Waals surface area contributed by atoms with Crippen molar-refractivity contribution < 1.29 is 28.5 Å². The molecule has 3 rings (SSSR count). The molecule has 206 valence electrons. The van der Waals surface area contributed by atoms with Crippen molar-refractivity contribution >= 4 is 18.4 Å². The Balaban J connectivity index is 0.00000481. The van der Waals surface area contributed by atoms with Gasteiger partial charge in [-0.25, -0.2) is 9.18 Å². The highest BCUT2D eigenvalue weighted by atomic mass is 35.5. The van der Waals surface area contributed by atoms with E-state index in [1.165, 1.54) is 13.2 Å². The molecule has 0 saturated carbocycles. The number of nitrogens with one attached hydrogen (secondary N) is 1. The first-order valence-corrected chi connectivity index (χ1v) is 12.7. The molecule has 0 heterocycles. The molecule has 8 heteroatoms. The fourth-order valence-corrected chi connectivity index (χ4v) is 6.14. The zero-order valence-corrected chi connectivity index (χ0v) is 23.3. The van der Waals surface area contributed by atoms with Crippen molar-refractivity contribution in [2.24, 2.45) is 11.8 Å². The van der Waals surface area contributed by atoms with E-state index in [2.05, 4.69) is 11.4 Å². The van der Waals surface area contributed by atoms with Crippen molar-refractivity contribution in [1.29, 1.82) is 0 Å². The molecule has 0 saturated heterocycles. The number of ether oxygens (including phenoxy) is 3. The highest BCUT2D eigenvalue weighted by molar-refractivity contribution is 5.85. The third-order valence-electron chi connectivity index (χ3n) is 7.79. The van der Waals surface area contributed by atoms with E-state index in [1.807, 2.05) is 32.0 Å². The molecule has 0 aromatic heterocycles. The number of carboxylic acids is 1. The maximum absolute atomic E-state index is 14.1. The summed E-state index contributed by atoms with van der Waals surface area (Å²) < 4.78 is 30.7. The predicted molar refractivity (Wildman–Crippen MR) is 145 cm³/mol. The van der Waals surface area contributed by atoms with Gasteiger partial charge in [0.05, 0.1) is 13.2 Å². The van der Waals surface area contributed by atoms with Gasteiger partial charge in [-0.2, -0.15) is 0 Å². The van der Waals surface area contributed by atoms with Gasteiger partial charge in [0.25, 0.3) is 0 Å². The monoisotopic (exact) mass is 537 g/mol. The Hall–Kier alpha value is -2.19. The third kappa shape index (κ3) is 6.82. The van der Waals surface area contributed by atoms with Crippen molar-refractivity contribution in [1.82, 2.24) is 5.32 Å². The van der Waals surface area contributed by atoms with Gasteiger partial charge < -0.3 is 24.6 Å². The first-order chi connectivity index (χ1) is 17.3. The number of aryl methyl sites for hydroxylation is 1. The van der Waals surface area contributed by atoms with E-state index in [-0.39, 0.29) is 36.2 Å². The summed E-state index contributed by atoms with van der Waals surface area (Å²) in [5, 5.41) is 13.7. The summed E-state index contributed by atoms with van der Waals surface area (Å²) in [7, 11) is 4.83. The zero-order valence-electron chi connectivity index (χ0n) is 22.5. The minimum Gasteiger partial charge on any atom is -0.497 e. The Morgan fingerprint density at radius 3 is 2.54 bits per heavy atom. The van der Waals surface area contributed by atoms with Gasteiger partial charge >= 0.3 is 5.97 Å². The second-order valence-electron chi connectivity index (χ2n) is 9.98. The van der Waals surface area contributed by atoms with Crippen LogP contribution in [0.4, 0.5) is 4.39 Å². The van der Waals surface area contributed by atoms with Gasteiger partial charge in [-0.05, 0) is 85.0 Å². The molecule has 1 aliphatic carbocycles. The van der Waals surface area contributed by atoms with Crippen LogP contribution in [0.15, 0.2) is 42.5 Å². The Kier molecular flexibility index (Phi) is 11.8. The van der Waals surface area contributed by atoms with Gasteiger partial charge in [-0.15, -0.1) is 12.4 Å². The summed E-state index contributed by atoms with van der Waals surface area (Å²) in [6, 6.07) is 12.7. The molecule has 0 radical (unpaired) electrons. The van der Waals surface area contributed by atoms with Crippen LogP contribution in [0.5, 0.6) is 5.75 Å². The summed E-state index contributed by atoms with van der Waals surface area (Å²) in [6.07, 6.45) is 2.00. The molecule has 0 spiro atoms. The lowest BCUT2D eigenvalue weighted by Gasteiger charge is -2.51. The lowest BCUT2D eigenvalue weighted by molar-refractivity contribution is -0.158. The van der Waals surface area contributed by atoms with E-state index in [0.717, 1.165) is 48.1 Å². The normalized spacial score (nSPS) is 20.6. The van der Waals surface area contributed by atoms with Gasteiger partial charge in [-0.3, -0.25) is 0 Å². The summed E-state index contributed by atoms with van der Waals surface area (Å²) in [5.74, 6) is -0.420. The van der Waals surface area contributed by atoms with E-state index >= 15 is 0 Å². The maximum atomic E-state index is 14.1. The summed E-state index contributed by atoms with van der Waals surface area (Å²) >= 11 is 0. The Morgan fingerprint density at radius 1 is 1.16 bits per heavy atom. The van der Waals surface area contributed by atoms with Gasteiger partial charge in [0.1, 0.15) is 11.6 Å². The van der Waals surface area contributed by atoms with E-state index in [0.29, 0.717) is 13.1 Å². The van der Waals surface area contributed by atoms with E-state index < -0.39 is 17.5 Å². The quantitative estimate of drug-likeness (QED) is 0.348. The molecule has 0 aliphatic heterocycles. The maximum Gasteiger partial charge on any atom is 0.333 e. The molecule has 4 atom stereocenters. The number of fused-ring (bicyclic) bond motifs is 1. The fourth-order valence-electron chi connectivity index (χ4n) is 6.14. The molecule has 0 amide bonds. The topological polar surface area (TPSA) is 77.0 Å². The van der Waals surface area contributed by atoms with Crippen LogP contribution in [-0.2, 0) is 32.5 Å². The van der Waals surface area contributed by atoms with Crippen LogP contribution in [0.3, 0.4) is 0 Å². The number of hydrogen-bond donors (Lipinski definition) is 2. The van der Waals surface area contributed by atoms with E-state index in [9.17, 15) is 14.3 Å². The number of methoxy groups -OCH3 is 3. The van der Waals surface area contributed by atoms with E-state index in [4.69, 9.17) is 14.2 Å². The van der Waals surface area contributed by atoms with Crippen molar-refractivity contribution in [3.8, 4) is 5.75 Å².